The van der Waals surface area contributed by atoms with Crippen LogP contribution in [-0.2, 0) is 19.6 Å². The van der Waals surface area contributed by atoms with Crippen molar-refractivity contribution in [1.82, 2.24) is 9.21 Å². The fraction of sp³-hybridized carbons (Fsp3) is 0.636. The summed E-state index contributed by atoms with van der Waals surface area (Å²) in [6.07, 6.45) is 5.69. The number of carbonyl (C=O) groups excluding carboxylic acids is 2. The number of aryl methyl sites for hydroxylation is 1. The monoisotopic (exact) mass is 436 g/mol. The zero-order valence-electron chi connectivity index (χ0n) is 18.1. The number of ether oxygens (including phenoxy) is 1. The molecule has 0 radical (unpaired) electrons. The maximum absolute atomic E-state index is 12.9. The van der Waals surface area contributed by atoms with Crippen molar-refractivity contribution in [2.24, 2.45) is 0 Å². The van der Waals surface area contributed by atoms with Crippen molar-refractivity contribution in [3.63, 3.8) is 0 Å². The number of esters is 1. The van der Waals surface area contributed by atoms with E-state index in [0.717, 1.165) is 38.5 Å². The van der Waals surface area contributed by atoms with Crippen molar-refractivity contribution in [1.29, 1.82) is 0 Å². The van der Waals surface area contributed by atoms with E-state index in [1.165, 1.54) is 16.4 Å². The van der Waals surface area contributed by atoms with Crippen molar-refractivity contribution < 1.29 is 22.7 Å². The highest BCUT2D eigenvalue weighted by Crippen LogP contribution is 2.24. The summed E-state index contributed by atoms with van der Waals surface area (Å²) < 4.78 is 32.6. The lowest BCUT2D eigenvalue weighted by Crippen LogP contribution is -2.49. The molecule has 2 saturated heterocycles. The Hall–Kier alpha value is -1.93. The van der Waals surface area contributed by atoms with E-state index in [-0.39, 0.29) is 35.1 Å². The van der Waals surface area contributed by atoms with Crippen LogP contribution < -0.4 is 0 Å². The second kappa shape index (κ2) is 9.47. The molecule has 2 heterocycles. The molecular formula is C22H32N2O5S. The molecule has 0 aliphatic carbocycles. The van der Waals surface area contributed by atoms with Crippen LogP contribution in [0.25, 0.3) is 0 Å². The molecule has 8 heteroatoms. The Labute approximate surface area is 179 Å². The van der Waals surface area contributed by atoms with Gasteiger partial charge in [-0.1, -0.05) is 12.5 Å². The second-order valence-corrected chi connectivity index (χ2v) is 10.4. The number of hydrogen-bond acceptors (Lipinski definition) is 5. The van der Waals surface area contributed by atoms with Gasteiger partial charge in [0.1, 0.15) is 0 Å². The summed E-state index contributed by atoms with van der Waals surface area (Å²) in [5, 5.41) is 0. The summed E-state index contributed by atoms with van der Waals surface area (Å²) in [5.74, 6) is -0.883. The average Bonchev–Trinajstić information content (AvgIpc) is 2.72. The average molecular weight is 437 g/mol. The Balaban J connectivity index is 1.71. The first kappa shape index (κ1) is 22.7. The molecule has 7 nitrogen and oxygen atoms in total. The Kier molecular flexibility index (Phi) is 7.18. The van der Waals surface area contributed by atoms with E-state index < -0.39 is 16.0 Å². The third-order valence-corrected chi connectivity index (χ3v) is 8.08. The molecule has 0 N–H and O–H groups in total. The highest BCUT2D eigenvalue weighted by atomic mass is 32.2. The molecule has 1 aromatic carbocycles. The first-order valence-corrected chi connectivity index (χ1v) is 12.2. The third kappa shape index (κ3) is 4.86. The van der Waals surface area contributed by atoms with Crippen LogP contribution >= 0.6 is 0 Å². The van der Waals surface area contributed by atoms with E-state index in [1.54, 1.807) is 17.9 Å². The van der Waals surface area contributed by atoms with E-state index in [4.69, 9.17) is 4.74 Å². The largest absolute Gasteiger partial charge is 0.452 e. The summed E-state index contributed by atoms with van der Waals surface area (Å²) >= 11 is 0. The number of nitrogens with zero attached hydrogens (tertiary/aromatic N) is 2. The lowest BCUT2D eigenvalue weighted by Gasteiger charge is -2.38. The standard InChI is InChI=1S/C22H32N2O5S/c1-16-10-11-19(30(27,28)23-12-5-4-6-13-23)14-20(16)22(26)29-15-21(25)24-17(2)8-7-9-18(24)3/h10-11,14,17-18H,4-9,12-13,15H2,1-3H3/t17-,18-/m0/s1. The van der Waals surface area contributed by atoms with Gasteiger partial charge in [-0.05, 0) is 70.6 Å². The number of piperidine rings is 2. The van der Waals surface area contributed by atoms with Gasteiger partial charge in [-0.3, -0.25) is 4.79 Å². The third-order valence-electron chi connectivity index (χ3n) is 6.19. The van der Waals surface area contributed by atoms with Gasteiger partial charge in [0.15, 0.2) is 6.61 Å². The number of benzene rings is 1. The summed E-state index contributed by atoms with van der Waals surface area (Å²) in [5.41, 5.74) is 0.797. The van der Waals surface area contributed by atoms with Gasteiger partial charge in [0.2, 0.25) is 10.0 Å². The molecule has 0 spiro atoms. The van der Waals surface area contributed by atoms with Crippen molar-refractivity contribution in [3.05, 3.63) is 29.3 Å². The predicted molar refractivity (Wildman–Crippen MR) is 114 cm³/mol. The van der Waals surface area contributed by atoms with Crippen LogP contribution in [0.5, 0.6) is 0 Å². The van der Waals surface area contributed by atoms with Gasteiger partial charge < -0.3 is 9.64 Å². The van der Waals surface area contributed by atoms with Gasteiger partial charge in [-0.25, -0.2) is 13.2 Å². The van der Waals surface area contributed by atoms with Crippen LogP contribution in [0.4, 0.5) is 0 Å². The molecule has 2 aliphatic heterocycles. The maximum atomic E-state index is 12.9. The van der Waals surface area contributed by atoms with Crippen molar-refractivity contribution in [2.75, 3.05) is 19.7 Å². The minimum absolute atomic E-state index is 0.0894. The van der Waals surface area contributed by atoms with E-state index in [2.05, 4.69) is 0 Å². The van der Waals surface area contributed by atoms with E-state index in [0.29, 0.717) is 18.7 Å². The zero-order chi connectivity index (χ0) is 21.9. The lowest BCUT2D eigenvalue weighted by atomic mass is 9.97. The Morgan fingerprint density at radius 1 is 1.03 bits per heavy atom. The number of sulfonamides is 1. The number of amides is 1. The number of likely N-dealkylation sites (tertiary alicyclic amines) is 1. The van der Waals surface area contributed by atoms with Gasteiger partial charge in [0, 0.05) is 25.2 Å². The molecule has 1 amide bonds. The minimum Gasteiger partial charge on any atom is -0.452 e. The van der Waals surface area contributed by atoms with Crippen LogP contribution in [0.1, 0.15) is 68.3 Å². The van der Waals surface area contributed by atoms with Crippen LogP contribution in [-0.4, -0.2) is 61.3 Å². The molecule has 166 valence electrons. The Morgan fingerprint density at radius 3 is 2.30 bits per heavy atom. The quantitative estimate of drug-likeness (QED) is 0.662. The fourth-order valence-corrected chi connectivity index (χ4v) is 5.97. The molecule has 0 bridgehead atoms. The smallest absolute Gasteiger partial charge is 0.338 e. The first-order chi connectivity index (χ1) is 14.2. The number of carbonyl (C=O) groups is 2. The molecular weight excluding hydrogens is 404 g/mol. The molecule has 0 saturated carbocycles. The molecule has 2 aliphatic rings. The van der Waals surface area contributed by atoms with E-state index in [1.807, 2.05) is 13.8 Å². The molecule has 2 fully saturated rings. The minimum atomic E-state index is -3.65. The molecule has 3 rings (SSSR count). The highest BCUT2D eigenvalue weighted by molar-refractivity contribution is 7.89. The van der Waals surface area contributed by atoms with Crippen molar-refractivity contribution in [2.45, 2.75) is 76.3 Å². The van der Waals surface area contributed by atoms with Crippen molar-refractivity contribution in [3.8, 4) is 0 Å². The molecule has 30 heavy (non-hydrogen) atoms. The van der Waals surface area contributed by atoms with Crippen LogP contribution in [0, 0.1) is 6.92 Å². The van der Waals surface area contributed by atoms with Gasteiger partial charge in [0.05, 0.1) is 10.5 Å². The number of rotatable bonds is 5. The van der Waals surface area contributed by atoms with Gasteiger partial charge in [-0.2, -0.15) is 4.31 Å². The zero-order valence-corrected chi connectivity index (χ0v) is 18.9. The fourth-order valence-electron chi connectivity index (χ4n) is 4.43. The van der Waals surface area contributed by atoms with E-state index >= 15 is 0 Å². The van der Waals surface area contributed by atoms with Gasteiger partial charge >= 0.3 is 5.97 Å². The first-order valence-electron chi connectivity index (χ1n) is 10.8. The Morgan fingerprint density at radius 2 is 1.67 bits per heavy atom. The van der Waals surface area contributed by atoms with E-state index in [9.17, 15) is 18.0 Å². The summed E-state index contributed by atoms with van der Waals surface area (Å²) in [6.45, 7) is 6.40. The molecule has 0 unspecified atom stereocenters. The van der Waals surface area contributed by atoms with Crippen LogP contribution in [0.15, 0.2) is 23.1 Å². The maximum Gasteiger partial charge on any atom is 0.338 e. The van der Waals surface area contributed by atoms with Crippen LogP contribution in [0.3, 0.4) is 0 Å². The molecule has 2 atom stereocenters. The van der Waals surface area contributed by atoms with Gasteiger partial charge in [0.25, 0.3) is 5.91 Å². The van der Waals surface area contributed by atoms with Crippen LogP contribution in [0.2, 0.25) is 0 Å². The molecule has 0 aromatic heterocycles. The highest BCUT2D eigenvalue weighted by Gasteiger charge is 2.30. The van der Waals surface area contributed by atoms with Crippen molar-refractivity contribution >= 4 is 21.9 Å². The topological polar surface area (TPSA) is 84.0 Å². The Bertz CT molecular complexity index is 883. The summed E-state index contributed by atoms with van der Waals surface area (Å²) in [7, 11) is -3.65. The van der Waals surface area contributed by atoms with Gasteiger partial charge in [-0.15, -0.1) is 0 Å². The summed E-state index contributed by atoms with van der Waals surface area (Å²) in [4.78, 5) is 27.2. The predicted octanol–water partition coefficient (Wildman–Crippen LogP) is 3.12. The molecule has 1 aromatic rings. The normalized spacial score (nSPS) is 23.2. The summed E-state index contributed by atoms with van der Waals surface area (Å²) in [6, 6.07) is 4.76. The SMILES string of the molecule is Cc1ccc(S(=O)(=O)N2CCCCC2)cc1C(=O)OCC(=O)N1[C@@H](C)CCC[C@@H]1C. The second-order valence-electron chi connectivity index (χ2n) is 8.45. The lowest BCUT2D eigenvalue weighted by molar-refractivity contribution is -0.140. The number of hydrogen-bond donors (Lipinski definition) is 0.